The van der Waals surface area contributed by atoms with Gasteiger partial charge in [0.15, 0.2) is 0 Å². The summed E-state index contributed by atoms with van der Waals surface area (Å²) in [6.07, 6.45) is 4.26. The van der Waals surface area contributed by atoms with Gasteiger partial charge in [-0.15, -0.1) is 0 Å². The van der Waals surface area contributed by atoms with Crippen molar-refractivity contribution in [3.8, 4) is 33.8 Å². The lowest BCUT2D eigenvalue weighted by Gasteiger charge is -2.09. The van der Waals surface area contributed by atoms with Crippen LogP contribution < -0.4 is 9.47 Å². The third kappa shape index (κ3) is 12.2. The number of rotatable bonds is 21. The first-order valence-corrected chi connectivity index (χ1v) is 16.7. The molecule has 4 aromatic rings. The summed E-state index contributed by atoms with van der Waals surface area (Å²) in [6.45, 7) is 7.14. The maximum absolute atomic E-state index is 12.4. The summed E-state index contributed by atoms with van der Waals surface area (Å²) in [5, 5.41) is 0. The van der Waals surface area contributed by atoms with Gasteiger partial charge < -0.3 is 28.4 Å². The van der Waals surface area contributed by atoms with Crippen LogP contribution in [0, 0.1) is 0 Å². The Kier molecular flexibility index (Phi) is 15.5. The average Bonchev–Trinajstić information content (AvgIpc) is 3.13. The van der Waals surface area contributed by atoms with Crippen LogP contribution in [0.5, 0.6) is 11.5 Å². The van der Waals surface area contributed by atoms with Crippen molar-refractivity contribution in [2.75, 3.05) is 52.9 Å². The summed E-state index contributed by atoms with van der Waals surface area (Å²) >= 11 is 0. The highest BCUT2D eigenvalue weighted by atomic mass is 16.6. The summed E-state index contributed by atoms with van der Waals surface area (Å²) in [5.74, 6) is 0.901. The van der Waals surface area contributed by atoms with E-state index in [0.29, 0.717) is 37.6 Å². The normalized spacial score (nSPS) is 10.8. The number of hydrogen-bond acceptors (Lipinski definition) is 8. The molecule has 4 aromatic carbocycles. The lowest BCUT2D eigenvalue weighted by molar-refractivity contribution is 0.00230. The minimum Gasteiger partial charge on any atom is -0.494 e. The van der Waals surface area contributed by atoms with Gasteiger partial charge in [-0.2, -0.15) is 0 Å². The summed E-state index contributed by atoms with van der Waals surface area (Å²) in [7, 11) is 0. The zero-order valence-corrected chi connectivity index (χ0v) is 28.0. The molecule has 0 radical (unpaired) electrons. The van der Waals surface area contributed by atoms with Gasteiger partial charge in [-0.1, -0.05) is 75.2 Å². The first-order chi connectivity index (χ1) is 23.6. The molecule has 0 aromatic heterocycles. The van der Waals surface area contributed by atoms with E-state index in [9.17, 15) is 9.59 Å². The standard InChI is InChI=1S/C40H46O8/c1-3-5-23-45-37-19-15-33(16-20-37)31-7-11-35(12-8-31)39(41)47-29-27-43-25-26-44-28-30-48-40(42)36-13-9-32(10-14-36)34-17-21-38(22-18-34)46-24-6-4-2/h7-22H,3-6,23-30H2,1-2H3. The molecule has 0 bridgehead atoms. The molecule has 254 valence electrons. The van der Waals surface area contributed by atoms with Crippen LogP contribution in [-0.4, -0.2) is 64.8 Å². The number of carbonyl (C=O) groups is 2. The van der Waals surface area contributed by atoms with Gasteiger partial charge in [0.05, 0.1) is 50.8 Å². The van der Waals surface area contributed by atoms with E-state index in [0.717, 1.165) is 59.4 Å². The molecule has 8 heteroatoms. The van der Waals surface area contributed by atoms with E-state index in [4.69, 9.17) is 28.4 Å². The minimum absolute atomic E-state index is 0.134. The maximum atomic E-state index is 12.4. The second-order valence-electron chi connectivity index (χ2n) is 11.1. The summed E-state index contributed by atoms with van der Waals surface area (Å²) in [5.41, 5.74) is 5.05. The predicted octanol–water partition coefficient (Wildman–Crippen LogP) is 8.43. The molecule has 0 aliphatic carbocycles. The van der Waals surface area contributed by atoms with Crippen molar-refractivity contribution >= 4 is 11.9 Å². The molecule has 0 spiro atoms. The van der Waals surface area contributed by atoms with Crippen LogP contribution in [-0.2, 0) is 18.9 Å². The monoisotopic (exact) mass is 654 g/mol. The molecule has 0 unspecified atom stereocenters. The van der Waals surface area contributed by atoms with Crippen molar-refractivity contribution in [1.82, 2.24) is 0 Å². The molecule has 0 fully saturated rings. The van der Waals surface area contributed by atoms with Crippen molar-refractivity contribution in [3.63, 3.8) is 0 Å². The Bertz CT molecular complexity index is 1380. The average molecular weight is 655 g/mol. The predicted molar refractivity (Wildman–Crippen MR) is 187 cm³/mol. The van der Waals surface area contributed by atoms with E-state index >= 15 is 0 Å². The van der Waals surface area contributed by atoms with E-state index in [1.807, 2.05) is 72.8 Å². The molecule has 0 aliphatic rings. The summed E-state index contributed by atoms with van der Waals surface area (Å²) in [4.78, 5) is 24.8. The highest BCUT2D eigenvalue weighted by molar-refractivity contribution is 5.90. The lowest BCUT2D eigenvalue weighted by atomic mass is 10.0. The van der Waals surface area contributed by atoms with Crippen LogP contribution in [0.2, 0.25) is 0 Å². The van der Waals surface area contributed by atoms with Crippen LogP contribution in [0.15, 0.2) is 97.1 Å². The second kappa shape index (κ2) is 20.5. The number of ether oxygens (including phenoxy) is 6. The first kappa shape index (κ1) is 36.2. The quantitative estimate of drug-likeness (QED) is 0.0654. The molecule has 0 saturated carbocycles. The molecule has 0 amide bonds. The highest BCUT2D eigenvalue weighted by Crippen LogP contribution is 2.24. The van der Waals surface area contributed by atoms with Gasteiger partial charge in [-0.3, -0.25) is 0 Å². The first-order valence-electron chi connectivity index (χ1n) is 16.7. The van der Waals surface area contributed by atoms with Crippen molar-refractivity contribution < 1.29 is 38.0 Å². The number of esters is 2. The number of benzene rings is 4. The van der Waals surface area contributed by atoms with E-state index in [1.165, 1.54) is 0 Å². The van der Waals surface area contributed by atoms with Gasteiger partial charge in [0, 0.05) is 0 Å². The fourth-order valence-electron chi connectivity index (χ4n) is 4.63. The third-order valence-electron chi connectivity index (χ3n) is 7.44. The second-order valence-corrected chi connectivity index (χ2v) is 11.1. The maximum Gasteiger partial charge on any atom is 0.338 e. The largest absolute Gasteiger partial charge is 0.494 e. The van der Waals surface area contributed by atoms with E-state index in [1.54, 1.807) is 24.3 Å². The summed E-state index contributed by atoms with van der Waals surface area (Å²) in [6, 6.07) is 30.5. The molecule has 8 nitrogen and oxygen atoms in total. The Morgan fingerprint density at radius 3 is 1.06 bits per heavy atom. The molecule has 0 atom stereocenters. The Morgan fingerprint density at radius 2 is 0.729 bits per heavy atom. The van der Waals surface area contributed by atoms with Crippen molar-refractivity contribution in [2.24, 2.45) is 0 Å². The molecular formula is C40H46O8. The van der Waals surface area contributed by atoms with Gasteiger partial charge in [0.25, 0.3) is 0 Å². The molecule has 0 saturated heterocycles. The fraction of sp³-hybridized carbons (Fsp3) is 0.350. The Labute approximate surface area is 283 Å². The number of unbranched alkanes of at least 4 members (excludes halogenated alkanes) is 2. The molecule has 0 aliphatic heterocycles. The molecule has 0 heterocycles. The van der Waals surface area contributed by atoms with Gasteiger partial charge in [-0.25, -0.2) is 9.59 Å². The molecular weight excluding hydrogens is 608 g/mol. The van der Waals surface area contributed by atoms with E-state index in [2.05, 4.69) is 13.8 Å². The Balaban J connectivity index is 1.03. The zero-order chi connectivity index (χ0) is 33.8. The van der Waals surface area contributed by atoms with Crippen LogP contribution in [0.3, 0.4) is 0 Å². The van der Waals surface area contributed by atoms with Crippen molar-refractivity contribution in [3.05, 3.63) is 108 Å². The lowest BCUT2D eigenvalue weighted by Crippen LogP contribution is -2.15. The van der Waals surface area contributed by atoms with Crippen LogP contribution in [0.25, 0.3) is 22.3 Å². The Morgan fingerprint density at radius 1 is 0.417 bits per heavy atom. The SMILES string of the molecule is CCCCOc1ccc(-c2ccc(C(=O)OCCOCCOCCOC(=O)c3ccc(-c4ccc(OCCCC)cc4)cc3)cc2)cc1. The van der Waals surface area contributed by atoms with Crippen molar-refractivity contribution in [1.29, 1.82) is 0 Å². The summed E-state index contributed by atoms with van der Waals surface area (Å²) < 4.78 is 33.0. The van der Waals surface area contributed by atoms with E-state index in [-0.39, 0.29) is 26.4 Å². The van der Waals surface area contributed by atoms with Gasteiger partial charge in [0.2, 0.25) is 0 Å². The van der Waals surface area contributed by atoms with Crippen LogP contribution >= 0.6 is 0 Å². The smallest absolute Gasteiger partial charge is 0.338 e. The highest BCUT2D eigenvalue weighted by Gasteiger charge is 2.09. The number of hydrogen-bond donors (Lipinski definition) is 0. The molecule has 0 N–H and O–H groups in total. The van der Waals surface area contributed by atoms with Gasteiger partial charge >= 0.3 is 11.9 Å². The van der Waals surface area contributed by atoms with Gasteiger partial charge in [0.1, 0.15) is 24.7 Å². The van der Waals surface area contributed by atoms with Crippen molar-refractivity contribution in [2.45, 2.75) is 39.5 Å². The van der Waals surface area contributed by atoms with Gasteiger partial charge in [-0.05, 0) is 83.6 Å². The number of carbonyl (C=O) groups excluding carboxylic acids is 2. The van der Waals surface area contributed by atoms with E-state index < -0.39 is 11.9 Å². The zero-order valence-electron chi connectivity index (χ0n) is 28.0. The topological polar surface area (TPSA) is 89.5 Å². The molecule has 4 rings (SSSR count). The van der Waals surface area contributed by atoms with Crippen LogP contribution in [0.1, 0.15) is 60.2 Å². The Hall–Kier alpha value is -4.66. The molecule has 48 heavy (non-hydrogen) atoms. The van der Waals surface area contributed by atoms with Crippen LogP contribution in [0.4, 0.5) is 0 Å². The minimum atomic E-state index is -0.403. The fourth-order valence-corrected chi connectivity index (χ4v) is 4.63. The third-order valence-corrected chi connectivity index (χ3v) is 7.44.